The second kappa shape index (κ2) is 10.9. The van der Waals surface area contributed by atoms with Gasteiger partial charge in [-0.1, -0.05) is 29.8 Å². The molecule has 0 spiro atoms. The minimum atomic E-state index is -5.44. The van der Waals surface area contributed by atoms with Crippen molar-refractivity contribution in [2.75, 3.05) is 0 Å². The summed E-state index contributed by atoms with van der Waals surface area (Å²) in [6, 6.07) is 10.3. The number of ether oxygens (including phenoxy) is 2. The largest absolute Gasteiger partial charge is 0.454 e. The normalized spacial score (nSPS) is 12.5. The highest BCUT2D eigenvalue weighted by Crippen LogP contribution is 2.42. The van der Waals surface area contributed by atoms with Crippen molar-refractivity contribution in [2.24, 2.45) is 0 Å². The monoisotopic (exact) mass is 649 g/mol. The van der Waals surface area contributed by atoms with Gasteiger partial charge in [0.1, 0.15) is 45.9 Å². The predicted octanol–water partition coefficient (Wildman–Crippen LogP) is 10.1. The van der Waals surface area contributed by atoms with Gasteiger partial charge in [0.25, 0.3) is 0 Å². The number of alkyl halides is 7. The lowest BCUT2D eigenvalue weighted by atomic mass is 10.0. The molecule has 5 rings (SSSR count). The summed E-state index contributed by atoms with van der Waals surface area (Å²) in [6.07, 6.45) is -14.5. The Morgan fingerprint density at radius 2 is 1.14 bits per heavy atom. The molecule has 0 atom stereocenters. The molecular formula is C29H14F11NO2S. The molecule has 0 amide bonds. The number of aromatic nitrogens is 1. The molecule has 3 nitrogen and oxygen atoms in total. The van der Waals surface area contributed by atoms with E-state index in [-0.39, 0.29) is 39.2 Å². The first-order chi connectivity index (χ1) is 20.4. The molecule has 0 radical (unpaired) electrons. The lowest BCUT2D eigenvalue weighted by Gasteiger charge is -2.20. The molecule has 1 heterocycles. The fourth-order valence-corrected chi connectivity index (χ4v) is 5.03. The maximum atomic E-state index is 15.0. The first-order valence-electron chi connectivity index (χ1n) is 12.1. The van der Waals surface area contributed by atoms with Crippen molar-refractivity contribution in [1.82, 2.24) is 4.98 Å². The number of thiazole rings is 1. The lowest BCUT2D eigenvalue weighted by Crippen LogP contribution is -2.25. The molecule has 0 bridgehead atoms. The van der Waals surface area contributed by atoms with Crippen LogP contribution in [0.3, 0.4) is 0 Å². The third-order valence-corrected chi connectivity index (χ3v) is 7.19. The van der Waals surface area contributed by atoms with E-state index in [2.05, 4.69) is 14.5 Å². The molecule has 0 saturated carbocycles. The average Bonchev–Trinajstić information content (AvgIpc) is 3.31. The van der Waals surface area contributed by atoms with E-state index in [1.165, 1.54) is 0 Å². The molecule has 4 aromatic carbocycles. The van der Waals surface area contributed by atoms with Gasteiger partial charge in [0.15, 0.2) is 0 Å². The molecule has 0 unspecified atom stereocenters. The Morgan fingerprint density at radius 3 is 1.70 bits per heavy atom. The van der Waals surface area contributed by atoms with Gasteiger partial charge >= 0.3 is 18.4 Å². The Labute approximate surface area is 244 Å². The van der Waals surface area contributed by atoms with E-state index in [4.69, 9.17) is 0 Å². The van der Waals surface area contributed by atoms with E-state index in [0.717, 1.165) is 23.8 Å². The van der Waals surface area contributed by atoms with E-state index >= 15 is 0 Å². The summed E-state index contributed by atoms with van der Waals surface area (Å²) in [7, 11) is 0. The lowest BCUT2D eigenvalue weighted by molar-refractivity contribution is -0.189. The Hall–Kier alpha value is -4.40. The molecule has 5 aromatic rings. The van der Waals surface area contributed by atoms with Gasteiger partial charge in [-0.3, -0.25) is 0 Å². The number of benzene rings is 4. The third kappa shape index (κ3) is 6.14. The van der Waals surface area contributed by atoms with Crippen molar-refractivity contribution >= 4 is 21.6 Å². The number of fused-ring (bicyclic) bond motifs is 1. The highest BCUT2D eigenvalue weighted by atomic mass is 32.1. The van der Waals surface area contributed by atoms with Gasteiger partial charge in [0.2, 0.25) is 5.01 Å². The highest BCUT2D eigenvalue weighted by Gasteiger charge is 2.43. The topological polar surface area (TPSA) is 31.4 Å². The van der Waals surface area contributed by atoms with Gasteiger partial charge in [-0.15, -0.1) is 11.3 Å². The van der Waals surface area contributed by atoms with E-state index < -0.39 is 69.3 Å². The zero-order chi connectivity index (χ0) is 32.2. The van der Waals surface area contributed by atoms with Crippen LogP contribution in [0.1, 0.15) is 21.7 Å². The van der Waals surface area contributed by atoms with Crippen LogP contribution in [0.4, 0.5) is 48.3 Å². The first kappa shape index (κ1) is 31.0. The number of nitrogens with zero attached hydrogens (tertiary/aromatic N) is 1. The van der Waals surface area contributed by atoms with Crippen LogP contribution < -0.4 is 9.47 Å². The van der Waals surface area contributed by atoms with Crippen LogP contribution in [0.25, 0.3) is 21.3 Å². The summed E-state index contributed by atoms with van der Waals surface area (Å²) in [6.45, 7) is 1.78. The Bertz CT molecular complexity index is 1820. The minimum absolute atomic E-state index is 0.0110. The van der Waals surface area contributed by atoms with E-state index in [1.54, 1.807) is 31.2 Å². The molecule has 0 fully saturated rings. The smallest absolute Gasteiger partial charge is 0.429 e. The van der Waals surface area contributed by atoms with Crippen molar-refractivity contribution in [1.29, 1.82) is 0 Å². The molecule has 0 aliphatic heterocycles. The molecule has 230 valence electrons. The SMILES string of the molecule is Cc1ccc(-c2cc(F)c(C(F)(F)Oc3ccc4nc(C(F)(F)Oc5cc(F)c(C(F)(F)F)c(F)c5)sc4c3)c(F)c2)cc1. The van der Waals surface area contributed by atoms with Gasteiger partial charge < -0.3 is 9.47 Å². The maximum absolute atomic E-state index is 15.0. The predicted molar refractivity (Wildman–Crippen MR) is 137 cm³/mol. The Morgan fingerprint density at radius 1 is 0.591 bits per heavy atom. The van der Waals surface area contributed by atoms with E-state index in [0.29, 0.717) is 17.7 Å². The number of halogens is 11. The number of rotatable bonds is 7. The second-order valence-corrected chi connectivity index (χ2v) is 10.4. The fourth-order valence-electron chi connectivity index (χ4n) is 4.13. The molecule has 0 N–H and O–H groups in total. The third-order valence-electron chi connectivity index (χ3n) is 6.12. The van der Waals surface area contributed by atoms with Crippen LogP contribution in [0.5, 0.6) is 11.5 Å². The van der Waals surface area contributed by atoms with Crippen LogP contribution in [0, 0.1) is 30.2 Å². The van der Waals surface area contributed by atoms with Crippen molar-refractivity contribution < 1.29 is 57.8 Å². The minimum Gasteiger partial charge on any atom is -0.429 e. The molecule has 0 aliphatic rings. The zero-order valence-corrected chi connectivity index (χ0v) is 22.5. The first-order valence-corrected chi connectivity index (χ1v) is 12.9. The summed E-state index contributed by atoms with van der Waals surface area (Å²) in [5, 5.41) is -1.17. The fraction of sp³-hybridized carbons (Fsp3) is 0.138. The van der Waals surface area contributed by atoms with E-state index in [1.807, 2.05) is 0 Å². The standard InChI is InChI=1S/C29H14F11NO2S/c1-13-2-4-14(5-3-13)15-8-18(30)25(19(31)9-15)28(37,38)42-16-6-7-22-23(12-16)44-26(41-22)29(39,40)43-17-10-20(32)24(21(33)11-17)27(34,35)36/h2-12H,1H3. The average molecular weight is 649 g/mol. The zero-order valence-electron chi connectivity index (χ0n) is 21.7. The highest BCUT2D eigenvalue weighted by molar-refractivity contribution is 7.18. The summed E-state index contributed by atoms with van der Waals surface area (Å²) in [4.78, 5) is 3.56. The molecule has 44 heavy (non-hydrogen) atoms. The second-order valence-electron chi connectivity index (χ2n) is 9.33. The summed E-state index contributed by atoms with van der Waals surface area (Å²) in [5.74, 6) is -9.62. The molecule has 0 saturated heterocycles. The van der Waals surface area contributed by atoms with Crippen LogP contribution in [0.15, 0.2) is 66.7 Å². The quantitative estimate of drug-likeness (QED) is 0.165. The van der Waals surface area contributed by atoms with Gasteiger partial charge in [0.05, 0.1) is 10.2 Å². The van der Waals surface area contributed by atoms with Gasteiger partial charge in [0, 0.05) is 12.1 Å². The van der Waals surface area contributed by atoms with Crippen LogP contribution in [-0.4, -0.2) is 4.98 Å². The Kier molecular flexibility index (Phi) is 7.72. The van der Waals surface area contributed by atoms with Crippen molar-refractivity contribution in [3.8, 4) is 22.6 Å². The molecule has 1 aromatic heterocycles. The van der Waals surface area contributed by atoms with Crippen LogP contribution in [-0.2, 0) is 18.4 Å². The van der Waals surface area contributed by atoms with Crippen LogP contribution in [0.2, 0.25) is 0 Å². The van der Waals surface area contributed by atoms with Crippen molar-refractivity contribution in [3.63, 3.8) is 0 Å². The van der Waals surface area contributed by atoms with Crippen LogP contribution >= 0.6 is 11.3 Å². The summed E-state index contributed by atoms with van der Waals surface area (Å²) in [5.41, 5.74) is -3.01. The summed E-state index contributed by atoms with van der Waals surface area (Å²) >= 11 is 0.155. The van der Waals surface area contributed by atoms with Crippen molar-refractivity contribution in [2.45, 2.75) is 25.3 Å². The maximum Gasteiger partial charge on any atom is 0.454 e. The van der Waals surface area contributed by atoms with E-state index in [9.17, 15) is 48.3 Å². The Balaban J connectivity index is 1.39. The number of hydrogen-bond acceptors (Lipinski definition) is 4. The molecule has 0 aliphatic carbocycles. The van der Waals surface area contributed by atoms with Gasteiger partial charge in [-0.05, 0) is 48.4 Å². The number of hydrogen-bond donors (Lipinski definition) is 0. The molecule has 15 heteroatoms. The summed E-state index contributed by atoms with van der Waals surface area (Å²) < 4.78 is 163. The van der Waals surface area contributed by atoms with Gasteiger partial charge in [-0.2, -0.15) is 30.7 Å². The molecular weight excluding hydrogens is 635 g/mol. The van der Waals surface area contributed by atoms with Gasteiger partial charge in [-0.25, -0.2) is 22.5 Å². The number of aryl methyl sites for hydroxylation is 1. The van der Waals surface area contributed by atoms with Crippen molar-refractivity contribution in [3.05, 3.63) is 112 Å².